The summed E-state index contributed by atoms with van der Waals surface area (Å²) in [6.45, 7) is 7.54. The Hall–Kier alpha value is -4.87. The molecule has 0 bridgehead atoms. The molecule has 16 heteroatoms. The number of carbonyl (C=O) groups excluding carboxylic acids is 1. The van der Waals surface area contributed by atoms with Crippen LogP contribution >= 0.6 is 0 Å². The summed E-state index contributed by atoms with van der Waals surface area (Å²) in [4.78, 5) is 27.1. The zero-order valence-electron chi connectivity index (χ0n) is 29.3. The van der Waals surface area contributed by atoms with Gasteiger partial charge in [0.05, 0.1) is 29.2 Å². The van der Waals surface area contributed by atoms with Crippen molar-refractivity contribution in [2.75, 3.05) is 30.5 Å². The van der Waals surface area contributed by atoms with E-state index in [0.29, 0.717) is 66.7 Å². The zero-order chi connectivity index (χ0) is 38.3. The van der Waals surface area contributed by atoms with Gasteiger partial charge in [-0.2, -0.15) is 16.8 Å². The summed E-state index contributed by atoms with van der Waals surface area (Å²) in [5.41, 5.74) is 4.03. The fourth-order valence-electron chi connectivity index (χ4n) is 7.11. The van der Waals surface area contributed by atoms with E-state index in [4.69, 9.17) is 10.6 Å². The second kappa shape index (κ2) is 12.4. The number of rotatable bonds is 8. The first-order chi connectivity index (χ1) is 24.0. The molecule has 52 heavy (non-hydrogen) atoms. The number of aromatic carboxylic acids is 1. The largest absolute Gasteiger partial charge is 0.478 e. The Morgan fingerprint density at radius 1 is 0.865 bits per heavy atom. The van der Waals surface area contributed by atoms with Crippen LogP contribution in [0.15, 0.2) is 54.6 Å². The van der Waals surface area contributed by atoms with Crippen LogP contribution in [0.25, 0.3) is 16.7 Å². The predicted molar refractivity (Wildman–Crippen MR) is 196 cm³/mol. The average Bonchev–Trinajstić information content (AvgIpc) is 3.01. The number of benzene rings is 3. The molecule has 0 saturated heterocycles. The first-order valence-corrected chi connectivity index (χ1v) is 19.3. The van der Waals surface area contributed by atoms with Gasteiger partial charge in [0, 0.05) is 54.6 Å². The van der Waals surface area contributed by atoms with Crippen LogP contribution in [0, 0.1) is 0 Å². The van der Waals surface area contributed by atoms with Crippen LogP contribution in [0.3, 0.4) is 0 Å². The molecule has 14 nitrogen and oxygen atoms in total. The van der Waals surface area contributed by atoms with Crippen LogP contribution in [-0.2, 0) is 31.5 Å². The monoisotopic (exact) mass is 751 g/mol. The van der Waals surface area contributed by atoms with E-state index in [1.165, 1.54) is 12.1 Å². The van der Waals surface area contributed by atoms with Crippen molar-refractivity contribution in [1.29, 1.82) is 0 Å². The van der Waals surface area contributed by atoms with Crippen molar-refractivity contribution in [2.45, 2.75) is 45.2 Å². The van der Waals surface area contributed by atoms with Gasteiger partial charge in [0.2, 0.25) is 11.3 Å². The minimum Gasteiger partial charge on any atom is -0.478 e. The molecule has 0 saturated carbocycles. The molecule has 0 atom stereocenters. The van der Waals surface area contributed by atoms with Gasteiger partial charge < -0.3 is 14.7 Å². The maximum absolute atomic E-state index is 12.8. The SMILES string of the molecule is CN1c2cc3c(cc2C(CS(=O)(=O)O)=CC1(C)C)C(c1cc(CC(=O)NN)ccc1C(=O)O)=c1cc2c(cc1O3)=[N+](C)C(C)(C)C=C2CS(=O)(=O)O. The molecular weight excluding hydrogens is 713 g/mol. The fraction of sp³-hybridized carbons (Fsp3) is 0.306. The van der Waals surface area contributed by atoms with Crippen molar-refractivity contribution in [2.24, 2.45) is 5.84 Å². The lowest BCUT2D eigenvalue weighted by Crippen LogP contribution is -2.47. The molecule has 3 heterocycles. The number of nitrogens with zero attached hydrogens (tertiary/aromatic N) is 2. The minimum atomic E-state index is -4.48. The number of amides is 1. The van der Waals surface area contributed by atoms with Gasteiger partial charge in [0.25, 0.3) is 20.2 Å². The first-order valence-electron chi connectivity index (χ1n) is 16.1. The molecule has 0 aromatic heterocycles. The Balaban J connectivity index is 1.79. The van der Waals surface area contributed by atoms with Crippen LogP contribution in [0.5, 0.6) is 11.5 Å². The van der Waals surface area contributed by atoms with Gasteiger partial charge in [-0.25, -0.2) is 15.2 Å². The van der Waals surface area contributed by atoms with Crippen LogP contribution < -0.4 is 36.1 Å². The first kappa shape index (κ1) is 36.9. The summed E-state index contributed by atoms with van der Waals surface area (Å²) < 4.78 is 77.4. The van der Waals surface area contributed by atoms with Gasteiger partial charge in [0.15, 0.2) is 5.54 Å². The summed E-state index contributed by atoms with van der Waals surface area (Å²) in [6, 6.07) is 11.2. The Morgan fingerprint density at radius 2 is 1.50 bits per heavy atom. The van der Waals surface area contributed by atoms with Crippen LogP contribution in [0.1, 0.15) is 65.9 Å². The summed E-state index contributed by atoms with van der Waals surface area (Å²) in [5.74, 6) is 2.80. The van der Waals surface area contributed by atoms with Crippen LogP contribution in [0.2, 0.25) is 0 Å². The number of carboxylic acids is 1. The maximum Gasteiger partial charge on any atom is 0.336 e. The fourth-order valence-corrected chi connectivity index (χ4v) is 8.37. The quantitative estimate of drug-likeness (QED) is 0.0574. The second-order valence-electron chi connectivity index (χ2n) is 14.4. The van der Waals surface area contributed by atoms with Gasteiger partial charge in [-0.15, -0.1) is 0 Å². The molecule has 3 aromatic rings. The molecule has 6 N–H and O–H groups in total. The number of ether oxygens (including phenoxy) is 1. The predicted octanol–water partition coefficient (Wildman–Crippen LogP) is 1.95. The van der Waals surface area contributed by atoms with Crippen LogP contribution in [-0.4, -0.2) is 79.6 Å². The Labute approximate surface area is 300 Å². The molecule has 0 spiro atoms. The Morgan fingerprint density at radius 3 is 2.10 bits per heavy atom. The van der Waals surface area contributed by atoms with Crippen molar-refractivity contribution < 1.29 is 45.4 Å². The number of nitrogens with one attached hydrogen (secondary N) is 1. The molecule has 3 aliphatic rings. The van der Waals surface area contributed by atoms with Crippen molar-refractivity contribution in [3.8, 4) is 11.5 Å². The number of hydrazine groups is 1. The molecular formula is C36H39N4O10S2+. The highest BCUT2D eigenvalue weighted by Crippen LogP contribution is 2.46. The van der Waals surface area contributed by atoms with Gasteiger partial charge in [0.1, 0.15) is 30.1 Å². The highest BCUT2D eigenvalue weighted by atomic mass is 32.2. The average molecular weight is 752 g/mol. The number of fused-ring (bicyclic) bond motifs is 4. The molecule has 1 amide bonds. The summed E-state index contributed by atoms with van der Waals surface area (Å²) in [7, 11) is -5.31. The smallest absolute Gasteiger partial charge is 0.336 e. The number of hydrogen-bond acceptors (Lipinski definition) is 9. The maximum atomic E-state index is 12.8. The zero-order valence-corrected chi connectivity index (χ0v) is 30.9. The molecule has 3 aliphatic heterocycles. The molecule has 0 unspecified atom stereocenters. The third kappa shape index (κ3) is 6.75. The van der Waals surface area contributed by atoms with Gasteiger partial charge >= 0.3 is 5.97 Å². The number of anilines is 1. The lowest BCUT2D eigenvalue weighted by Gasteiger charge is -2.41. The Kier molecular flexibility index (Phi) is 8.78. The topological polar surface area (TPSA) is 217 Å². The molecule has 0 fully saturated rings. The second-order valence-corrected chi connectivity index (χ2v) is 17.3. The van der Waals surface area contributed by atoms with E-state index >= 15 is 0 Å². The molecule has 3 aromatic carbocycles. The van der Waals surface area contributed by atoms with E-state index < -0.39 is 54.7 Å². The summed E-state index contributed by atoms with van der Waals surface area (Å²) in [6.07, 6.45) is 3.30. The normalized spacial score (nSPS) is 17.1. The number of likely N-dealkylation sites (N-methyl/N-ethyl adjacent to an activating group) is 2. The van der Waals surface area contributed by atoms with E-state index in [1.54, 1.807) is 42.5 Å². The van der Waals surface area contributed by atoms with Crippen molar-refractivity contribution in [3.63, 3.8) is 0 Å². The van der Waals surface area contributed by atoms with Crippen molar-refractivity contribution in [1.82, 2.24) is 10.0 Å². The summed E-state index contributed by atoms with van der Waals surface area (Å²) in [5, 5.41) is 11.4. The third-order valence-corrected chi connectivity index (χ3v) is 11.3. The van der Waals surface area contributed by atoms with E-state index in [0.717, 1.165) is 0 Å². The van der Waals surface area contributed by atoms with Crippen molar-refractivity contribution in [3.05, 3.63) is 98.6 Å². The Bertz CT molecular complexity index is 2540. The molecule has 0 aliphatic carbocycles. The van der Waals surface area contributed by atoms with Gasteiger partial charge in [-0.05, 0) is 66.5 Å². The van der Waals surface area contributed by atoms with Crippen LogP contribution in [0.4, 0.5) is 5.69 Å². The van der Waals surface area contributed by atoms with E-state index in [2.05, 4.69) is 5.43 Å². The molecule has 6 rings (SSSR count). The lowest BCUT2D eigenvalue weighted by atomic mass is 9.83. The number of carbonyl (C=O) groups is 2. The van der Waals surface area contributed by atoms with E-state index in [9.17, 15) is 40.6 Å². The number of hydrogen-bond donors (Lipinski definition) is 5. The highest BCUT2D eigenvalue weighted by molar-refractivity contribution is 7.86. The summed E-state index contributed by atoms with van der Waals surface area (Å²) >= 11 is 0. The molecule has 274 valence electrons. The van der Waals surface area contributed by atoms with E-state index in [1.807, 2.05) is 51.3 Å². The lowest BCUT2D eigenvalue weighted by molar-refractivity contribution is -0.120. The molecule has 0 radical (unpaired) electrons. The standard InChI is InChI=1S/C36H38N4O10S2/c1-35(2)15-20(17-51(44,45)46)23-11-26-30(13-28(23)39(35)5)50-31-14-29-24(21(18-52(47,48)49)16-36(3,4)40(29)6)12-27(31)33(26)25-9-19(10-32(41)38-37)7-8-22(25)34(42)43/h7-9,11-16H,10,17-18,37H2,1-6H3,(H3-,38,41,42,43,44,45,46,47,48,49)/p+1. The third-order valence-electron chi connectivity index (χ3n) is 9.94. The van der Waals surface area contributed by atoms with E-state index in [-0.39, 0.29) is 17.5 Å². The number of carboxylic acid groups (broad SMARTS) is 1. The van der Waals surface area contributed by atoms with Gasteiger partial charge in [-0.1, -0.05) is 12.1 Å². The minimum absolute atomic E-state index is 0.125. The van der Waals surface area contributed by atoms with Crippen molar-refractivity contribution >= 4 is 54.5 Å². The van der Waals surface area contributed by atoms with Gasteiger partial charge in [-0.3, -0.25) is 19.3 Å². The highest BCUT2D eigenvalue weighted by Gasteiger charge is 2.37. The number of nitrogens with two attached hydrogens (primary N) is 1.